The third-order valence-electron chi connectivity index (χ3n) is 1.66. The van der Waals surface area contributed by atoms with Crippen molar-refractivity contribution in [2.75, 3.05) is 6.61 Å². The molecule has 1 rings (SSSR count). The second kappa shape index (κ2) is 5.85. The largest absolute Gasteiger partial charge is 0.462 e. The Hall–Kier alpha value is -0.310. The average Bonchev–Trinajstić information content (AvgIpc) is 2.21. The van der Waals surface area contributed by atoms with Crippen molar-refractivity contribution in [2.45, 2.75) is 13.3 Å². The molecule has 0 unspecified atom stereocenters. The van der Waals surface area contributed by atoms with Gasteiger partial charge in [0.25, 0.3) is 6.43 Å². The molecule has 1 aromatic rings. The Labute approximate surface area is 113 Å². The molecule has 0 aromatic carbocycles. The lowest BCUT2D eigenvalue weighted by molar-refractivity contribution is 0.0524. The van der Waals surface area contributed by atoms with E-state index < -0.39 is 18.1 Å². The van der Waals surface area contributed by atoms with E-state index in [0.29, 0.717) is 3.57 Å². The molecular weight excluding hydrogens is 399 g/mol. The molecule has 0 radical (unpaired) electrons. The van der Waals surface area contributed by atoms with Crippen molar-refractivity contribution < 1.29 is 18.3 Å². The summed E-state index contributed by atoms with van der Waals surface area (Å²) in [6.45, 7) is 1.84. The van der Waals surface area contributed by atoms with Gasteiger partial charge in [-0.15, -0.1) is 0 Å². The van der Waals surface area contributed by atoms with Crippen LogP contribution < -0.4 is 0 Å². The van der Waals surface area contributed by atoms with Crippen molar-refractivity contribution in [1.29, 1.82) is 0 Å². The maximum absolute atomic E-state index is 12.5. The highest BCUT2D eigenvalue weighted by Gasteiger charge is 2.19. The SMILES string of the molecule is CCOC(=O)c1cc(C(F)F)nc(Br)c1I. The third kappa shape index (κ3) is 3.09. The minimum Gasteiger partial charge on any atom is -0.462 e. The van der Waals surface area contributed by atoms with E-state index in [0.717, 1.165) is 6.07 Å². The predicted octanol–water partition coefficient (Wildman–Crippen LogP) is 3.56. The van der Waals surface area contributed by atoms with Gasteiger partial charge in [-0.1, -0.05) is 0 Å². The molecule has 0 saturated heterocycles. The number of carbonyl (C=O) groups is 1. The Morgan fingerprint density at radius 3 is 2.81 bits per heavy atom. The fourth-order valence-corrected chi connectivity index (χ4v) is 1.90. The van der Waals surface area contributed by atoms with Crippen LogP contribution in [0.5, 0.6) is 0 Å². The second-order valence-corrected chi connectivity index (χ2v) is 4.55. The molecular formula is C9H7BrF2INO2. The van der Waals surface area contributed by atoms with Crippen LogP contribution in [0.15, 0.2) is 10.7 Å². The molecule has 1 aromatic heterocycles. The number of pyridine rings is 1. The molecule has 0 aliphatic carbocycles. The Kier molecular flexibility index (Phi) is 5.03. The van der Waals surface area contributed by atoms with Gasteiger partial charge in [-0.25, -0.2) is 18.6 Å². The number of alkyl halides is 2. The molecule has 0 aliphatic heterocycles. The van der Waals surface area contributed by atoms with Crippen LogP contribution in [-0.4, -0.2) is 17.6 Å². The number of rotatable bonds is 3. The zero-order chi connectivity index (χ0) is 12.3. The monoisotopic (exact) mass is 405 g/mol. The number of esters is 1. The molecule has 88 valence electrons. The van der Waals surface area contributed by atoms with Gasteiger partial charge < -0.3 is 4.74 Å². The van der Waals surface area contributed by atoms with E-state index in [1.165, 1.54) is 0 Å². The Morgan fingerprint density at radius 1 is 1.69 bits per heavy atom. The summed E-state index contributed by atoms with van der Waals surface area (Å²) in [7, 11) is 0. The van der Waals surface area contributed by atoms with Gasteiger partial charge >= 0.3 is 5.97 Å². The van der Waals surface area contributed by atoms with Crippen LogP contribution in [0.4, 0.5) is 8.78 Å². The van der Waals surface area contributed by atoms with Crippen molar-refractivity contribution in [3.63, 3.8) is 0 Å². The van der Waals surface area contributed by atoms with Crippen LogP contribution in [0, 0.1) is 3.57 Å². The minimum absolute atomic E-state index is 0.0969. The standard InChI is InChI=1S/C9H7BrF2INO2/c1-2-16-9(15)4-3-5(8(11)12)14-7(10)6(4)13/h3,8H,2H2,1H3. The maximum atomic E-state index is 12.5. The molecule has 0 aliphatic rings. The second-order valence-electron chi connectivity index (χ2n) is 2.72. The normalized spacial score (nSPS) is 10.6. The average molecular weight is 406 g/mol. The summed E-state index contributed by atoms with van der Waals surface area (Å²) >= 11 is 4.87. The molecule has 3 nitrogen and oxygen atoms in total. The fraction of sp³-hybridized carbons (Fsp3) is 0.333. The fourth-order valence-electron chi connectivity index (χ4n) is 0.986. The van der Waals surface area contributed by atoms with Crippen LogP contribution in [0.2, 0.25) is 0 Å². The lowest BCUT2D eigenvalue weighted by atomic mass is 10.2. The van der Waals surface area contributed by atoms with E-state index in [-0.39, 0.29) is 16.8 Å². The Balaban J connectivity index is 3.21. The van der Waals surface area contributed by atoms with Gasteiger partial charge in [0.2, 0.25) is 0 Å². The summed E-state index contributed by atoms with van der Waals surface area (Å²) in [5.41, 5.74) is -0.352. The van der Waals surface area contributed by atoms with Gasteiger partial charge in [0.15, 0.2) is 0 Å². The summed E-state index contributed by atoms with van der Waals surface area (Å²) in [5, 5.41) is 0. The van der Waals surface area contributed by atoms with E-state index >= 15 is 0 Å². The van der Waals surface area contributed by atoms with E-state index in [4.69, 9.17) is 4.74 Å². The number of halogens is 4. The number of ether oxygens (including phenoxy) is 1. The molecule has 0 atom stereocenters. The first-order valence-corrected chi connectivity index (χ1v) is 6.15. The summed E-state index contributed by atoms with van der Waals surface area (Å²) in [6.07, 6.45) is -2.72. The summed E-state index contributed by atoms with van der Waals surface area (Å²) in [4.78, 5) is 15.1. The third-order valence-corrected chi connectivity index (χ3v) is 4.06. The molecule has 0 bridgehead atoms. The predicted molar refractivity (Wildman–Crippen MR) is 65.6 cm³/mol. The van der Waals surface area contributed by atoms with Gasteiger partial charge in [-0.3, -0.25) is 0 Å². The number of hydrogen-bond donors (Lipinski definition) is 0. The van der Waals surface area contributed by atoms with Crippen molar-refractivity contribution >= 4 is 44.5 Å². The van der Waals surface area contributed by atoms with Gasteiger partial charge in [0.1, 0.15) is 10.3 Å². The Morgan fingerprint density at radius 2 is 2.31 bits per heavy atom. The van der Waals surface area contributed by atoms with E-state index in [1.54, 1.807) is 6.92 Å². The summed E-state index contributed by atoms with van der Waals surface area (Å²) in [5.74, 6) is -0.628. The highest BCUT2D eigenvalue weighted by Crippen LogP contribution is 2.26. The van der Waals surface area contributed by atoms with Crippen LogP contribution in [0.3, 0.4) is 0 Å². The lowest BCUT2D eigenvalue weighted by Crippen LogP contribution is -2.09. The van der Waals surface area contributed by atoms with Crippen LogP contribution in [0.1, 0.15) is 29.4 Å². The number of hydrogen-bond acceptors (Lipinski definition) is 3. The summed E-state index contributed by atoms with van der Waals surface area (Å²) < 4.78 is 30.4. The molecule has 0 amide bonds. The molecule has 0 spiro atoms. The lowest BCUT2D eigenvalue weighted by Gasteiger charge is -2.08. The number of aromatic nitrogens is 1. The van der Waals surface area contributed by atoms with Crippen LogP contribution >= 0.6 is 38.5 Å². The van der Waals surface area contributed by atoms with Crippen molar-refractivity contribution in [2.24, 2.45) is 0 Å². The number of nitrogens with zero attached hydrogens (tertiary/aromatic N) is 1. The summed E-state index contributed by atoms with van der Waals surface area (Å²) in [6, 6.07) is 1.05. The molecule has 16 heavy (non-hydrogen) atoms. The topological polar surface area (TPSA) is 39.2 Å². The zero-order valence-corrected chi connectivity index (χ0v) is 11.9. The first kappa shape index (κ1) is 13.8. The van der Waals surface area contributed by atoms with Gasteiger partial charge in [0.05, 0.1) is 15.7 Å². The van der Waals surface area contributed by atoms with E-state index in [1.807, 2.05) is 22.6 Å². The van der Waals surface area contributed by atoms with Gasteiger partial charge in [0, 0.05) is 0 Å². The first-order chi connectivity index (χ1) is 7.47. The zero-order valence-electron chi connectivity index (χ0n) is 8.14. The van der Waals surface area contributed by atoms with E-state index in [2.05, 4.69) is 20.9 Å². The van der Waals surface area contributed by atoms with Crippen molar-refractivity contribution in [1.82, 2.24) is 4.98 Å². The van der Waals surface area contributed by atoms with Crippen LogP contribution in [0.25, 0.3) is 0 Å². The molecule has 0 N–H and O–H groups in total. The molecule has 0 saturated carbocycles. The minimum atomic E-state index is -2.72. The van der Waals surface area contributed by atoms with E-state index in [9.17, 15) is 13.6 Å². The van der Waals surface area contributed by atoms with Gasteiger partial charge in [-0.2, -0.15) is 0 Å². The van der Waals surface area contributed by atoms with Crippen molar-refractivity contribution in [3.8, 4) is 0 Å². The highest BCUT2D eigenvalue weighted by molar-refractivity contribution is 14.1. The van der Waals surface area contributed by atoms with Crippen LogP contribution in [-0.2, 0) is 4.74 Å². The first-order valence-electron chi connectivity index (χ1n) is 4.28. The molecule has 1 heterocycles. The van der Waals surface area contributed by atoms with Crippen molar-refractivity contribution in [3.05, 3.63) is 25.5 Å². The number of carbonyl (C=O) groups excluding carboxylic acids is 1. The highest BCUT2D eigenvalue weighted by atomic mass is 127. The molecule has 7 heteroatoms. The molecule has 0 fully saturated rings. The van der Waals surface area contributed by atoms with Gasteiger partial charge in [-0.05, 0) is 51.5 Å². The Bertz CT molecular complexity index is 415. The quantitative estimate of drug-likeness (QED) is 0.438. The maximum Gasteiger partial charge on any atom is 0.339 e. The smallest absolute Gasteiger partial charge is 0.339 e.